The molecule has 4 aromatic carbocycles. The van der Waals surface area contributed by atoms with Gasteiger partial charge < -0.3 is 4.57 Å². The lowest BCUT2D eigenvalue weighted by Gasteiger charge is -2.13. The van der Waals surface area contributed by atoms with Crippen molar-refractivity contribution in [2.24, 2.45) is 7.05 Å². The van der Waals surface area contributed by atoms with Crippen LogP contribution in [-0.2, 0) is 7.05 Å². The van der Waals surface area contributed by atoms with E-state index in [2.05, 4.69) is 90.5 Å². The summed E-state index contributed by atoms with van der Waals surface area (Å²) in [6.45, 7) is 0. The largest absolute Gasteiger partial charge is 0.343 e. The van der Waals surface area contributed by atoms with Crippen LogP contribution in [0.4, 0.5) is 0 Å². The van der Waals surface area contributed by atoms with E-state index >= 15 is 0 Å². The summed E-state index contributed by atoms with van der Waals surface area (Å²) in [6.07, 6.45) is 0. The summed E-state index contributed by atoms with van der Waals surface area (Å²) in [7, 11) is 2.11. The minimum absolute atomic E-state index is 0.426. The predicted octanol–water partition coefficient (Wildman–Crippen LogP) is 8.11. The molecule has 3 heteroatoms. The highest BCUT2D eigenvalue weighted by molar-refractivity contribution is 6.17. The molecule has 0 saturated carbocycles. The van der Waals surface area contributed by atoms with Gasteiger partial charge in [0.1, 0.15) is 11.8 Å². The number of hydrogen-bond donors (Lipinski definition) is 0. The summed E-state index contributed by atoms with van der Waals surface area (Å²) in [4.78, 5) is 5.03. The van der Waals surface area contributed by atoms with Gasteiger partial charge in [-0.1, -0.05) is 121 Å². The molecular weight excluding hydrogens is 438 g/mol. The van der Waals surface area contributed by atoms with Gasteiger partial charge in [0.15, 0.2) is 0 Å². The van der Waals surface area contributed by atoms with Crippen molar-refractivity contribution in [1.29, 1.82) is 5.26 Å². The van der Waals surface area contributed by atoms with E-state index in [0.717, 1.165) is 55.7 Å². The van der Waals surface area contributed by atoms with Crippen molar-refractivity contribution in [2.75, 3.05) is 0 Å². The van der Waals surface area contributed by atoms with Crippen molar-refractivity contribution in [3.8, 4) is 51.0 Å². The van der Waals surface area contributed by atoms with E-state index in [1.165, 1.54) is 0 Å². The first-order valence-electron chi connectivity index (χ1n) is 12.0. The fraction of sp³-hybridized carbons (Fsp3) is 0.0303. The number of pyridine rings is 1. The molecule has 2 aromatic heterocycles. The molecule has 0 radical (unpaired) electrons. The van der Waals surface area contributed by atoms with Crippen LogP contribution >= 0.6 is 0 Å². The minimum atomic E-state index is 0.426. The highest BCUT2D eigenvalue weighted by atomic mass is 15.0. The van der Waals surface area contributed by atoms with Gasteiger partial charge >= 0.3 is 0 Å². The molecule has 0 N–H and O–H groups in total. The van der Waals surface area contributed by atoms with Crippen LogP contribution in [0.5, 0.6) is 0 Å². The Morgan fingerprint density at radius 1 is 0.556 bits per heavy atom. The van der Waals surface area contributed by atoms with Crippen LogP contribution in [0, 0.1) is 11.3 Å². The molecule has 6 rings (SSSR count). The fourth-order valence-electron chi connectivity index (χ4n) is 5.14. The summed E-state index contributed by atoms with van der Waals surface area (Å²) < 4.78 is 2.26. The lowest BCUT2D eigenvalue weighted by Crippen LogP contribution is -1.96. The molecule has 0 saturated heterocycles. The second kappa shape index (κ2) is 9.02. The van der Waals surface area contributed by atoms with Gasteiger partial charge in [0, 0.05) is 28.9 Å². The van der Waals surface area contributed by atoms with Crippen LogP contribution in [-0.4, -0.2) is 9.55 Å². The van der Waals surface area contributed by atoms with Crippen molar-refractivity contribution < 1.29 is 0 Å². The highest BCUT2D eigenvalue weighted by Crippen LogP contribution is 2.47. The van der Waals surface area contributed by atoms with Gasteiger partial charge in [-0.3, -0.25) is 0 Å². The molecule has 0 aliphatic heterocycles. The van der Waals surface area contributed by atoms with E-state index in [1.54, 1.807) is 0 Å². The third kappa shape index (κ3) is 3.48. The van der Waals surface area contributed by atoms with Crippen LogP contribution in [0.25, 0.3) is 55.7 Å². The summed E-state index contributed by atoms with van der Waals surface area (Å²) in [5.74, 6) is 0. The summed E-state index contributed by atoms with van der Waals surface area (Å²) in [6, 6.07) is 43.6. The maximum atomic E-state index is 10.3. The Morgan fingerprint density at radius 3 is 1.44 bits per heavy atom. The lowest BCUT2D eigenvalue weighted by atomic mass is 9.92. The van der Waals surface area contributed by atoms with Crippen LogP contribution in [0.15, 0.2) is 121 Å². The third-order valence-corrected chi connectivity index (χ3v) is 6.65. The number of hydrogen-bond acceptors (Lipinski definition) is 2. The maximum absolute atomic E-state index is 10.3. The lowest BCUT2D eigenvalue weighted by molar-refractivity contribution is 0.951. The molecular formula is C33H23N3. The molecule has 6 aromatic rings. The first-order valence-corrected chi connectivity index (χ1v) is 12.0. The van der Waals surface area contributed by atoms with Gasteiger partial charge in [0.25, 0.3) is 0 Å². The zero-order valence-electron chi connectivity index (χ0n) is 19.9. The van der Waals surface area contributed by atoms with E-state index in [0.29, 0.717) is 5.69 Å². The standard InChI is InChI=1S/C33H23N3/c1-36-32(25-18-10-4-11-19-25)29-28(23-14-6-2-7-15-23)27(22-34)35-31(24-16-8-3-9-17-24)30(29)33(36)26-20-12-5-13-21-26/h2-21H,1H3. The molecule has 0 atom stereocenters. The molecule has 0 unspecified atom stereocenters. The normalized spacial score (nSPS) is 10.9. The number of rotatable bonds is 4. The van der Waals surface area contributed by atoms with Gasteiger partial charge in [-0.05, 0) is 16.7 Å². The number of fused-ring (bicyclic) bond motifs is 1. The van der Waals surface area contributed by atoms with E-state index in [-0.39, 0.29) is 0 Å². The molecule has 0 fully saturated rings. The molecule has 0 amide bonds. The summed E-state index contributed by atoms with van der Waals surface area (Å²) in [5, 5.41) is 12.4. The van der Waals surface area contributed by atoms with Gasteiger partial charge in [-0.25, -0.2) is 4.98 Å². The van der Waals surface area contributed by atoms with E-state index < -0.39 is 0 Å². The molecule has 0 aliphatic rings. The van der Waals surface area contributed by atoms with Crippen molar-refractivity contribution in [3.63, 3.8) is 0 Å². The monoisotopic (exact) mass is 461 g/mol. The Morgan fingerprint density at radius 2 is 0.972 bits per heavy atom. The zero-order valence-corrected chi connectivity index (χ0v) is 19.9. The van der Waals surface area contributed by atoms with Crippen LogP contribution < -0.4 is 0 Å². The fourth-order valence-corrected chi connectivity index (χ4v) is 5.14. The molecule has 0 bridgehead atoms. The van der Waals surface area contributed by atoms with Crippen LogP contribution in [0.2, 0.25) is 0 Å². The van der Waals surface area contributed by atoms with E-state index in [1.807, 2.05) is 48.5 Å². The van der Waals surface area contributed by atoms with Gasteiger partial charge in [0.05, 0.1) is 17.1 Å². The number of nitriles is 1. The minimum Gasteiger partial charge on any atom is -0.343 e. The quantitative estimate of drug-likeness (QED) is 0.266. The molecule has 3 nitrogen and oxygen atoms in total. The number of nitrogens with zero attached hydrogens (tertiary/aromatic N) is 3. The SMILES string of the molecule is Cn1c(-c2ccccc2)c2c(-c3ccccc3)nc(C#N)c(-c3ccccc3)c2c1-c1ccccc1. The maximum Gasteiger partial charge on any atom is 0.149 e. The summed E-state index contributed by atoms with van der Waals surface area (Å²) >= 11 is 0. The molecule has 0 aliphatic carbocycles. The van der Waals surface area contributed by atoms with Crippen LogP contribution in [0.3, 0.4) is 0 Å². The van der Waals surface area contributed by atoms with Crippen molar-refractivity contribution in [3.05, 3.63) is 127 Å². The van der Waals surface area contributed by atoms with Crippen molar-refractivity contribution in [2.45, 2.75) is 0 Å². The molecule has 170 valence electrons. The first-order chi connectivity index (χ1) is 17.8. The van der Waals surface area contributed by atoms with Gasteiger partial charge in [-0.2, -0.15) is 5.26 Å². The predicted molar refractivity (Wildman–Crippen MR) is 147 cm³/mol. The van der Waals surface area contributed by atoms with Gasteiger partial charge in [0.2, 0.25) is 0 Å². The van der Waals surface area contributed by atoms with Crippen molar-refractivity contribution >= 4 is 10.8 Å². The number of benzene rings is 4. The second-order valence-corrected chi connectivity index (χ2v) is 8.77. The molecule has 2 heterocycles. The number of aromatic nitrogens is 2. The Hall–Kier alpha value is -4.94. The average molecular weight is 462 g/mol. The first kappa shape index (κ1) is 21.6. The Kier molecular flexibility index (Phi) is 5.41. The van der Waals surface area contributed by atoms with Crippen molar-refractivity contribution in [1.82, 2.24) is 9.55 Å². The van der Waals surface area contributed by atoms with E-state index in [9.17, 15) is 5.26 Å². The molecule has 36 heavy (non-hydrogen) atoms. The van der Waals surface area contributed by atoms with Gasteiger partial charge in [-0.15, -0.1) is 0 Å². The Bertz CT molecular complexity index is 1710. The Balaban J connectivity index is 1.90. The summed E-state index contributed by atoms with van der Waals surface area (Å²) in [5.41, 5.74) is 8.43. The topological polar surface area (TPSA) is 41.6 Å². The third-order valence-electron chi connectivity index (χ3n) is 6.65. The van der Waals surface area contributed by atoms with E-state index in [4.69, 9.17) is 4.98 Å². The average Bonchev–Trinajstić information content (AvgIpc) is 3.26. The van der Waals surface area contributed by atoms with Crippen LogP contribution in [0.1, 0.15) is 5.69 Å². The smallest absolute Gasteiger partial charge is 0.149 e. The second-order valence-electron chi connectivity index (χ2n) is 8.77. The molecule has 0 spiro atoms. The zero-order chi connectivity index (χ0) is 24.5. The Labute approximate surface area is 210 Å². The highest BCUT2D eigenvalue weighted by Gasteiger charge is 2.27.